The van der Waals surface area contributed by atoms with Crippen molar-refractivity contribution in [2.45, 2.75) is 39.0 Å². The molecule has 4 aromatic rings. The molecule has 0 saturated carbocycles. The van der Waals surface area contributed by atoms with E-state index in [2.05, 4.69) is 63.4 Å². The van der Waals surface area contributed by atoms with Gasteiger partial charge >= 0.3 is 0 Å². The van der Waals surface area contributed by atoms with Crippen molar-refractivity contribution in [3.63, 3.8) is 0 Å². The number of nitrogens with one attached hydrogen (secondary N) is 1. The third-order valence-electron chi connectivity index (χ3n) is 7.06. The second-order valence-electron chi connectivity index (χ2n) is 10.5. The monoisotopic (exact) mass is 587 g/mol. The Labute approximate surface area is 248 Å². The van der Waals surface area contributed by atoms with Gasteiger partial charge in [0, 0.05) is 62.3 Å². The molecule has 2 aromatic heterocycles. The van der Waals surface area contributed by atoms with Crippen LogP contribution in [0.5, 0.6) is 0 Å². The average molecular weight is 588 g/mol. The maximum absolute atomic E-state index is 12.7. The lowest BCUT2D eigenvalue weighted by Crippen LogP contribution is -2.36. The molecule has 6 rings (SSSR count). The van der Waals surface area contributed by atoms with Crippen LogP contribution in [0.3, 0.4) is 0 Å². The summed E-state index contributed by atoms with van der Waals surface area (Å²) in [5.41, 5.74) is 3.77. The smallest absolute Gasteiger partial charge is 0.200 e. The topological polar surface area (TPSA) is 83.7 Å². The lowest BCUT2D eigenvalue weighted by atomic mass is 10.1. The molecule has 4 heterocycles. The summed E-state index contributed by atoms with van der Waals surface area (Å²) < 4.78 is 11.8. The predicted octanol–water partition coefficient (Wildman–Crippen LogP) is 5.96. The highest BCUT2D eigenvalue weighted by atomic mass is 32.2. The Morgan fingerprint density at radius 1 is 1.00 bits per heavy atom. The summed E-state index contributed by atoms with van der Waals surface area (Å²) in [7, 11) is 4.17. The summed E-state index contributed by atoms with van der Waals surface area (Å²) in [5.74, 6) is 1.19. The van der Waals surface area contributed by atoms with E-state index in [4.69, 9.17) is 9.15 Å². The maximum Gasteiger partial charge on any atom is 0.200 e. The van der Waals surface area contributed by atoms with Crippen molar-refractivity contribution in [3.05, 3.63) is 82.5 Å². The summed E-state index contributed by atoms with van der Waals surface area (Å²) in [5, 5.41) is 3.71. The van der Waals surface area contributed by atoms with Gasteiger partial charge in [0.1, 0.15) is 5.76 Å². The Bertz CT molecular complexity index is 1590. The largest absolute Gasteiger partial charge is 0.440 e. The van der Waals surface area contributed by atoms with Gasteiger partial charge in [0.2, 0.25) is 0 Å². The van der Waals surface area contributed by atoms with Crippen molar-refractivity contribution in [1.82, 2.24) is 14.9 Å². The summed E-state index contributed by atoms with van der Waals surface area (Å²) in [6.07, 6.45) is 4.60. The fraction of sp³-hybridized carbons (Fsp3) is 0.323. The number of hydrogen-bond donors (Lipinski definition) is 1. The van der Waals surface area contributed by atoms with E-state index in [0.29, 0.717) is 37.9 Å². The van der Waals surface area contributed by atoms with Gasteiger partial charge in [-0.3, -0.25) is 14.8 Å². The van der Waals surface area contributed by atoms with E-state index in [1.54, 1.807) is 35.7 Å². The Balaban J connectivity index is 1.26. The van der Waals surface area contributed by atoms with Crippen LogP contribution in [0, 0.1) is 6.92 Å². The second kappa shape index (κ2) is 12.3. The molecule has 1 atom stereocenters. The van der Waals surface area contributed by atoms with E-state index in [0.717, 1.165) is 45.4 Å². The molecule has 2 aromatic carbocycles. The molecule has 1 N–H and O–H groups in total. The number of morpholine rings is 1. The van der Waals surface area contributed by atoms with Crippen LogP contribution in [-0.4, -0.2) is 61.8 Å². The van der Waals surface area contributed by atoms with Crippen LogP contribution >= 0.6 is 23.5 Å². The molecule has 0 spiro atoms. The minimum atomic E-state index is -0.0583. The summed E-state index contributed by atoms with van der Waals surface area (Å²) in [6.45, 7) is 5.56. The highest BCUT2D eigenvalue weighted by molar-refractivity contribution is 8.05. The fourth-order valence-electron chi connectivity index (χ4n) is 4.89. The molecule has 41 heavy (non-hydrogen) atoms. The van der Waals surface area contributed by atoms with Crippen LogP contribution in [0.25, 0.3) is 11.3 Å². The molecule has 2 aliphatic rings. The van der Waals surface area contributed by atoms with Crippen molar-refractivity contribution in [2.24, 2.45) is 0 Å². The van der Waals surface area contributed by atoms with Gasteiger partial charge in [0.25, 0.3) is 0 Å². The van der Waals surface area contributed by atoms with E-state index in [-0.39, 0.29) is 11.5 Å². The van der Waals surface area contributed by atoms with Crippen molar-refractivity contribution in [1.29, 1.82) is 0 Å². The van der Waals surface area contributed by atoms with Crippen LogP contribution < -0.4 is 15.6 Å². The first-order valence-corrected chi connectivity index (χ1v) is 15.4. The average Bonchev–Trinajstić information content (AvgIpc) is 2.98. The summed E-state index contributed by atoms with van der Waals surface area (Å²) >= 11 is 3.46. The van der Waals surface area contributed by atoms with Gasteiger partial charge in [-0.25, -0.2) is 0 Å². The maximum atomic E-state index is 12.7. The van der Waals surface area contributed by atoms with Crippen molar-refractivity contribution >= 4 is 35.1 Å². The molecular formula is C31H33N5O3S2. The van der Waals surface area contributed by atoms with Gasteiger partial charge in [-0.1, -0.05) is 35.7 Å². The van der Waals surface area contributed by atoms with E-state index in [1.165, 1.54) is 9.79 Å². The highest BCUT2D eigenvalue weighted by Crippen LogP contribution is 2.52. The lowest BCUT2D eigenvalue weighted by Gasteiger charge is -2.27. The third kappa shape index (κ3) is 6.46. The molecule has 1 fully saturated rings. The zero-order valence-corrected chi connectivity index (χ0v) is 25.1. The molecule has 0 aliphatic carbocycles. The van der Waals surface area contributed by atoms with Crippen LogP contribution in [0.2, 0.25) is 0 Å². The Hall–Kier alpha value is -3.31. The number of aromatic nitrogens is 2. The molecule has 0 amide bonds. The lowest BCUT2D eigenvalue weighted by molar-refractivity contribution is 0.120. The van der Waals surface area contributed by atoms with E-state index in [1.807, 2.05) is 31.5 Å². The first-order valence-electron chi connectivity index (χ1n) is 13.7. The van der Waals surface area contributed by atoms with Crippen molar-refractivity contribution in [2.75, 3.05) is 57.2 Å². The molecule has 10 heteroatoms. The van der Waals surface area contributed by atoms with E-state index in [9.17, 15) is 4.79 Å². The number of aryl methyl sites for hydroxylation is 1. The molecule has 1 saturated heterocycles. The van der Waals surface area contributed by atoms with Crippen LogP contribution in [0.4, 0.5) is 11.6 Å². The minimum absolute atomic E-state index is 0.0466. The van der Waals surface area contributed by atoms with E-state index < -0.39 is 0 Å². The van der Waals surface area contributed by atoms with Gasteiger partial charge in [-0.05, 0) is 58.3 Å². The zero-order chi connectivity index (χ0) is 28.3. The molecular weight excluding hydrogens is 555 g/mol. The quantitative estimate of drug-likeness (QED) is 0.235. The molecule has 2 aliphatic heterocycles. The minimum Gasteiger partial charge on any atom is -0.440 e. The molecule has 8 nitrogen and oxygen atoms in total. The van der Waals surface area contributed by atoms with E-state index >= 15 is 0 Å². The Morgan fingerprint density at radius 3 is 2.63 bits per heavy atom. The SMILES string of the molecule is Cc1cnc(C(CCN(C)C)Nc2ccc3c(c2)Sc2cccc(-c4cc(=O)cc(N5CCOCC5)o4)c2S3)cn1. The molecule has 212 valence electrons. The number of ether oxygens (including phenoxy) is 1. The van der Waals surface area contributed by atoms with Gasteiger partial charge in [-0.15, -0.1) is 0 Å². The Kier molecular flexibility index (Phi) is 8.34. The Morgan fingerprint density at radius 2 is 1.85 bits per heavy atom. The van der Waals surface area contributed by atoms with Gasteiger partial charge in [0.05, 0.1) is 36.8 Å². The first-order chi connectivity index (χ1) is 19.9. The molecule has 0 radical (unpaired) electrons. The first kappa shape index (κ1) is 27.8. The summed E-state index contributed by atoms with van der Waals surface area (Å²) in [4.78, 5) is 30.7. The molecule has 0 bridgehead atoms. The van der Waals surface area contributed by atoms with Gasteiger partial charge in [-0.2, -0.15) is 0 Å². The predicted molar refractivity (Wildman–Crippen MR) is 164 cm³/mol. The van der Waals surface area contributed by atoms with Gasteiger partial charge in [0.15, 0.2) is 11.3 Å². The van der Waals surface area contributed by atoms with Crippen LogP contribution in [-0.2, 0) is 4.74 Å². The zero-order valence-electron chi connectivity index (χ0n) is 23.4. The number of benzene rings is 2. The second-order valence-corrected chi connectivity index (χ2v) is 12.6. The normalized spacial score (nSPS) is 15.4. The van der Waals surface area contributed by atoms with Crippen LogP contribution in [0.1, 0.15) is 23.9 Å². The standard InChI is InChI=1S/C31H33N5O3S2/c1-20-18-33-25(19-32-20)24(9-10-35(2)3)34-21-7-8-27-29(15-21)40-28-6-4-5-23(31(28)41-27)26-16-22(37)17-30(39-26)36-11-13-38-14-12-36/h4-8,15-19,24,34H,9-14H2,1-3H3. The highest BCUT2D eigenvalue weighted by Gasteiger charge is 2.24. The third-order valence-corrected chi connectivity index (χ3v) is 9.66. The van der Waals surface area contributed by atoms with Gasteiger partial charge < -0.3 is 24.3 Å². The number of nitrogens with zero attached hydrogens (tertiary/aromatic N) is 4. The number of anilines is 2. The number of hydrogen-bond acceptors (Lipinski definition) is 10. The van der Waals surface area contributed by atoms with Crippen molar-refractivity contribution < 1.29 is 9.15 Å². The molecule has 1 unspecified atom stereocenters. The number of fused-ring (bicyclic) bond motifs is 2. The summed E-state index contributed by atoms with van der Waals surface area (Å²) in [6, 6.07) is 15.9. The van der Waals surface area contributed by atoms with Crippen LogP contribution in [0.15, 0.2) is 89.7 Å². The van der Waals surface area contributed by atoms with Crippen molar-refractivity contribution in [3.8, 4) is 11.3 Å². The fourth-order valence-corrected chi connectivity index (χ4v) is 7.29. The number of rotatable bonds is 8.